The normalized spacial score (nSPS) is 24.8. The molecule has 2 heterocycles. The van der Waals surface area contributed by atoms with E-state index in [1.807, 2.05) is 0 Å². The Hall–Kier alpha value is -1.13. The largest absolute Gasteiger partial charge is 0.373 e. The zero-order valence-electron chi connectivity index (χ0n) is 11.4. The summed E-state index contributed by atoms with van der Waals surface area (Å²) in [6, 6.07) is 1.73. The highest BCUT2D eigenvalue weighted by molar-refractivity contribution is 6.33. The maximum atomic E-state index is 12.2. The zero-order valence-corrected chi connectivity index (χ0v) is 12.2. The van der Waals surface area contributed by atoms with Gasteiger partial charge in [0.1, 0.15) is 0 Å². The molecule has 1 amide bonds. The average molecular weight is 295 g/mol. The minimum absolute atomic E-state index is 0.0121. The number of halogens is 1. The highest BCUT2D eigenvalue weighted by Gasteiger charge is 2.41. The van der Waals surface area contributed by atoms with Crippen LogP contribution in [0.4, 0.5) is 0 Å². The summed E-state index contributed by atoms with van der Waals surface area (Å²) in [6.45, 7) is 0.606. The summed E-state index contributed by atoms with van der Waals surface area (Å²) in [5.74, 6) is -0.140. The van der Waals surface area contributed by atoms with E-state index in [2.05, 4.69) is 10.3 Å². The van der Waals surface area contributed by atoms with E-state index in [-0.39, 0.29) is 17.6 Å². The van der Waals surface area contributed by atoms with Crippen LogP contribution in [0.15, 0.2) is 18.5 Å². The monoisotopic (exact) mass is 294 g/mol. The third-order valence-electron chi connectivity index (χ3n) is 4.33. The van der Waals surface area contributed by atoms with E-state index in [1.54, 1.807) is 12.3 Å². The first-order valence-electron chi connectivity index (χ1n) is 7.23. The fourth-order valence-electron chi connectivity index (χ4n) is 3.30. The quantitative estimate of drug-likeness (QED) is 0.912. The molecule has 1 aliphatic carbocycles. The molecule has 1 aliphatic heterocycles. The van der Waals surface area contributed by atoms with E-state index < -0.39 is 0 Å². The van der Waals surface area contributed by atoms with E-state index in [9.17, 15) is 4.79 Å². The van der Waals surface area contributed by atoms with Gasteiger partial charge >= 0.3 is 0 Å². The molecule has 108 valence electrons. The molecule has 1 aromatic heterocycles. The number of amides is 1. The van der Waals surface area contributed by atoms with Crippen molar-refractivity contribution in [2.45, 2.75) is 50.2 Å². The lowest BCUT2D eigenvalue weighted by Gasteiger charge is -2.32. The summed E-state index contributed by atoms with van der Waals surface area (Å²) in [5.41, 5.74) is 0.490. The number of nitrogens with zero attached hydrogens (tertiary/aromatic N) is 1. The smallest absolute Gasteiger partial charge is 0.253 e. The van der Waals surface area contributed by atoms with Crippen LogP contribution in [0.5, 0.6) is 0 Å². The molecule has 2 fully saturated rings. The van der Waals surface area contributed by atoms with Crippen LogP contribution in [-0.4, -0.2) is 29.1 Å². The minimum atomic E-state index is -0.140. The number of hydrogen-bond donors (Lipinski definition) is 1. The molecule has 2 aliphatic rings. The maximum Gasteiger partial charge on any atom is 0.253 e. The molecular weight excluding hydrogens is 276 g/mol. The van der Waals surface area contributed by atoms with Crippen molar-refractivity contribution in [2.75, 3.05) is 6.61 Å². The fraction of sp³-hybridized carbons (Fsp3) is 0.600. The first kappa shape index (κ1) is 13.8. The summed E-state index contributed by atoms with van der Waals surface area (Å²) < 4.78 is 6.00. The number of rotatable bonds is 2. The third-order valence-corrected chi connectivity index (χ3v) is 4.63. The van der Waals surface area contributed by atoms with Gasteiger partial charge in [0.25, 0.3) is 5.91 Å². The fourth-order valence-corrected chi connectivity index (χ4v) is 3.51. The Morgan fingerprint density at radius 3 is 2.95 bits per heavy atom. The van der Waals surface area contributed by atoms with Crippen LogP contribution in [0.3, 0.4) is 0 Å². The number of ether oxygens (including phenoxy) is 1. The van der Waals surface area contributed by atoms with Crippen molar-refractivity contribution in [3.63, 3.8) is 0 Å². The lowest BCUT2D eigenvalue weighted by molar-refractivity contribution is -0.0246. The van der Waals surface area contributed by atoms with Crippen LogP contribution in [0.1, 0.15) is 48.9 Å². The molecule has 0 unspecified atom stereocenters. The van der Waals surface area contributed by atoms with E-state index in [4.69, 9.17) is 16.3 Å². The second-order valence-electron chi connectivity index (χ2n) is 5.78. The minimum Gasteiger partial charge on any atom is -0.373 e. The van der Waals surface area contributed by atoms with Gasteiger partial charge in [0.05, 0.1) is 28.8 Å². The van der Waals surface area contributed by atoms with Crippen LogP contribution in [0.25, 0.3) is 0 Å². The zero-order chi connectivity index (χ0) is 14.0. The van der Waals surface area contributed by atoms with Crippen molar-refractivity contribution in [1.29, 1.82) is 0 Å². The molecule has 0 radical (unpaired) electrons. The van der Waals surface area contributed by atoms with Crippen LogP contribution in [0, 0.1) is 0 Å². The molecule has 4 nitrogen and oxygen atoms in total. The van der Waals surface area contributed by atoms with Crippen molar-refractivity contribution >= 4 is 17.5 Å². The van der Waals surface area contributed by atoms with Crippen LogP contribution < -0.4 is 5.32 Å². The SMILES string of the molecule is O=C(N[C@@H]1COC2(CCCCC2)C1)c1ccncc1Cl. The van der Waals surface area contributed by atoms with E-state index in [0.717, 1.165) is 19.3 Å². The highest BCUT2D eigenvalue weighted by atomic mass is 35.5. The van der Waals surface area contributed by atoms with Gasteiger partial charge in [0.2, 0.25) is 0 Å². The van der Waals surface area contributed by atoms with E-state index >= 15 is 0 Å². The Kier molecular flexibility index (Phi) is 3.94. The first-order chi connectivity index (χ1) is 9.69. The summed E-state index contributed by atoms with van der Waals surface area (Å²) in [5, 5.41) is 3.42. The summed E-state index contributed by atoms with van der Waals surface area (Å²) >= 11 is 5.99. The number of aromatic nitrogens is 1. The molecular formula is C15H19ClN2O2. The van der Waals surface area contributed by atoms with Crippen molar-refractivity contribution in [2.24, 2.45) is 0 Å². The van der Waals surface area contributed by atoms with Gasteiger partial charge in [-0.15, -0.1) is 0 Å². The number of pyridine rings is 1. The van der Waals surface area contributed by atoms with Gasteiger partial charge in [-0.2, -0.15) is 0 Å². The molecule has 1 saturated carbocycles. The molecule has 0 bridgehead atoms. The van der Waals surface area contributed by atoms with Crippen LogP contribution >= 0.6 is 11.6 Å². The predicted octanol–water partition coefficient (Wildman–Crippen LogP) is 2.96. The maximum absolute atomic E-state index is 12.2. The molecule has 1 N–H and O–H groups in total. The number of hydrogen-bond acceptors (Lipinski definition) is 3. The van der Waals surface area contributed by atoms with Crippen LogP contribution in [0.2, 0.25) is 5.02 Å². The van der Waals surface area contributed by atoms with Gasteiger partial charge in [-0.3, -0.25) is 9.78 Å². The summed E-state index contributed by atoms with van der Waals surface area (Å²) in [7, 11) is 0. The first-order valence-corrected chi connectivity index (χ1v) is 7.61. The lowest BCUT2D eigenvalue weighted by atomic mass is 9.82. The van der Waals surface area contributed by atoms with Gasteiger partial charge in [0, 0.05) is 12.4 Å². The highest BCUT2D eigenvalue weighted by Crippen LogP contribution is 2.39. The van der Waals surface area contributed by atoms with Gasteiger partial charge in [0.15, 0.2) is 0 Å². The molecule has 1 aromatic rings. The van der Waals surface area contributed by atoms with Gasteiger partial charge < -0.3 is 10.1 Å². The third kappa shape index (κ3) is 2.81. The lowest BCUT2D eigenvalue weighted by Crippen LogP contribution is -2.37. The Balaban J connectivity index is 1.62. The molecule has 1 saturated heterocycles. The van der Waals surface area contributed by atoms with Gasteiger partial charge in [-0.25, -0.2) is 0 Å². The van der Waals surface area contributed by atoms with Gasteiger partial charge in [-0.05, 0) is 25.3 Å². The molecule has 5 heteroatoms. The Bertz CT molecular complexity index is 500. The Morgan fingerprint density at radius 1 is 1.40 bits per heavy atom. The number of carbonyl (C=O) groups excluding carboxylic acids is 1. The number of nitrogens with one attached hydrogen (secondary N) is 1. The number of carbonyl (C=O) groups is 1. The summed E-state index contributed by atoms with van der Waals surface area (Å²) in [4.78, 5) is 16.1. The molecule has 3 rings (SSSR count). The summed E-state index contributed by atoms with van der Waals surface area (Å²) in [6.07, 6.45) is 9.99. The predicted molar refractivity (Wildman–Crippen MR) is 76.9 cm³/mol. The molecule has 1 atom stereocenters. The van der Waals surface area contributed by atoms with Crippen molar-refractivity contribution in [3.8, 4) is 0 Å². The average Bonchev–Trinajstić information content (AvgIpc) is 2.82. The Labute approximate surface area is 123 Å². The topological polar surface area (TPSA) is 51.2 Å². The molecule has 0 aromatic carbocycles. The standard InChI is InChI=1S/C15H19ClN2O2/c16-13-9-17-7-4-12(13)14(19)18-11-8-15(20-10-11)5-2-1-3-6-15/h4,7,9,11H,1-3,5-6,8,10H2,(H,18,19)/t11-/m0/s1. The second kappa shape index (κ2) is 5.70. The van der Waals surface area contributed by atoms with E-state index in [0.29, 0.717) is 17.2 Å². The van der Waals surface area contributed by atoms with Crippen molar-refractivity contribution in [1.82, 2.24) is 10.3 Å². The van der Waals surface area contributed by atoms with Crippen molar-refractivity contribution < 1.29 is 9.53 Å². The van der Waals surface area contributed by atoms with Gasteiger partial charge in [-0.1, -0.05) is 30.9 Å². The molecule has 20 heavy (non-hydrogen) atoms. The Morgan fingerprint density at radius 2 is 2.20 bits per heavy atom. The van der Waals surface area contributed by atoms with E-state index in [1.165, 1.54) is 25.5 Å². The second-order valence-corrected chi connectivity index (χ2v) is 6.19. The van der Waals surface area contributed by atoms with Crippen molar-refractivity contribution in [3.05, 3.63) is 29.0 Å². The molecule has 1 spiro atoms. The van der Waals surface area contributed by atoms with Crippen LogP contribution in [-0.2, 0) is 4.74 Å².